The van der Waals surface area contributed by atoms with E-state index in [4.69, 9.17) is 4.74 Å². The number of benzene rings is 1. The second-order valence-electron chi connectivity index (χ2n) is 3.45. The van der Waals surface area contributed by atoms with Crippen molar-refractivity contribution in [3.63, 3.8) is 0 Å². The molecule has 1 rings (SSSR count). The molecule has 0 aliphatic carbocycles. The first-order chi connectivity index (χ1) is 9.17. The third-order valence-corrected chi connectivity index (χ3v) is 2.09. The van der Waals surface area contributed by atoms with Crippen LogP contribution in [0.4, 0.5) is 4.79 Å². The lowest BCUT2D eigenvalue weighted by molar-refractivity contribution is -0.136. The summed E-state index contributed by atoms with van der Waals surface area (Å²) in [6.45, 7) is 0.105. The Morgan fingerprint density at radius 1 is 1.21 bits per heavy atom. The van der Waals surface area contributed by atoms with Crippen molar-refractivity contribution in [2.75, 3.05) is 14.2 Å². The molecule has 102 valence electrons. The van der Waals surface area contributed by atoms with Crippen molar-refractivity contribution in [3.05, 3.63) is 47.9 Å². The van der Waals surface area contributed by atoms with Crippen LogP contribution in [0.3, 0.4) is 0 Å². The van der Waals surface area contributed by atoms with E-state index in [1.165, 1.54) is 14.2 Å². The average molecular weight is 265 g/mol. The first-order valence-corrected chi connectivity index (χ1v) is 5.46. The fraction of sp³-hybridized carbons (Fsp3) is 0.231. The van der Waals surface area contributed by atoms with Gasteiger partial charge in [0.05, 0.1) is 14.2 Å². The highest BCUT2D eigenvalue weighted by molar-refractivity contribution is 5.91. The summed E-state index contributed by atoms with van der Waals surface area (Å²) in [5.74, 6) is -0.724. The Balaban J connectivity index is 2.50. The molecule has 0 radical (unpaired) electrons. The number of hydrogen-bond acceptors (Lipinski definition) is 5. The van der Waals surface area contributed by atoms with Gasteiger partial charge in [-0.1, -0.05) is 30.3 Å². The smallest absolute Gasteiger partial charge is 0.412 e. The lowest BCUT2D eigenvalue weighted by Gasteiger charge is -2.08. The van der Waals surface area contributed by atoms with E-state index in [1.807, 2.05) is 30.3 Å². The van der Waals surface area contributed by atoms with Crippen LogP contribution in [0, 0.1) is 0 Å². The predicted octanol–water partition coefficient (Wildman–Crippen LogP) is 1.57. The van der Waals surface area contributed by atoms with Gasteiger partial charge in [0.25, 0.3) is 0 Å². The number of esters is 1. The molecule has 0 bridgehead atoms. The van der Waals surface area contributed by atoms with Crippen molar-refractivity contribution in [2.24, 2.45) is 0 Å². The molecule has 0 saturated heterocycles. The number of rotatable bonds is 5. The molecule has 0 aromatic heterocycles. The maximum absolute atomic E-state index is 11.5. The summed E-state index contributed by atoms with van der Waals surface area (Å²) in [4.78, 5) is 22.8. The van der Waals surface area contributed by atoms with Crippen molar-refractivity contribution in [1.82, 2.24) is 5.32 Å². The summed E-state index contributed by atoms with van der Waals surface area (Å²) in [6.07, 6.45) is 0.299. The molecule has 0 fully saturated rings. The summed E-state index contributed by atoms with van der Waals surface area (Å²) in [7, 11) is 2.54. The molecule has 0 aliphatic rings. The number of ether oxygens (including phenoxy) is 3. The van der Waals surface area contributed by atoms with Gasteiger partial charge in [-0.2, -0.15) is 0 Å². The van der Waals surface area contributed by atoms with Gasteiger partial charge in [-0.25, -0.2) is 9.59 Å². The van der Waals surface area contributed by atoms with Gasteiger partial charge in [0, 0.05) is 0 Å². The molecule has 0 atom stereocenters. The van der Waals surface area contributed by atoms with Gasteiger partial charge in [-0.3, -0.25) is 5.32 Å². The van der Waals surface area contributed by atoms with Crippen LogP contribution in [0.5, 0.6) is 0 Å². The topological polar surface area (TPSA) is 73.9 Å². The second-order valence-corrected chi connectivity index (χ2v) is 3.45. The molecule has 19 heavy (non-hydrogen) atoms. The van der Waals surface area contributed by atoms with Crippen LogP contribution in [-0.2, 0) is 25.6 Å². The highest BCUT2D eigenvalue weighted by Gasteiger charge is 2.14. The van der Waals surface area contributed by atoms with E-state index in [-0.39, 0.29) is 12.3 Å². The number of carbonyl (C=O) groups is 2. The molecule has 6 heteroatoms. The molecule has 0 aliphatic heterocycles. The Bertz CT molecular complexity index is 455. The number of carbonyl (C=O) groups excluding carboxylic acids is 2. The molecular weight excluding hydrogens is 250 g/mol. The Morgan fingerprint density at radius 2 is 1.89 bits per heavy atom. The second kappa shape index (κ2) is 7.75. The summed E-state index contributed by atoms with van der Waals surface area (Å²) >= 11 is 0. The Morgan fingerprint density at radius 3 is 2.47 bits per heavy atom. The largest absolute Gasteiger partial charge is 0.502 e. The number of alkyl carbamates (subject to hydrolysis) is 1. The highest BCUT2D eigenvalue weighted by Crippen LogP contribution is 2.01. The Labute approximate surface area is 111 Å². The van der Waals surface area contributed by atoms with Crippen LogP contribution in [-0.4, -0.2) is 26.3 Å². The minimum absolute atomic E-state index is 0.105. The number of nitrogens with one attached hydrogen (secondary N) is 1. The first kappa shape index (κ1) is 14.6. The molecule has 1 aromatic carbocycles. The monoisotopic (exact) mass is 265 g/mol. The molecule has 0 unspecified atom stereocenters. The van der Waals surface area contributed by atoms with Gasteiger partial charge in [0.1, 0.15) is 12.9 Å². The standard InChI is InChI=1S/C13H15NO5/c1-17-9-11(12(15)18-2)14-13(16)19-8-10-6-4-3-5-7-10/h3-7,9H,8H2,1-2H3,(H,14,16). The van der Waals surface area contributed by atoms with Gasteiger partial charge < -0.3 is 14.2 Å². The van der Waals surface area contributed by atoms with E-state index in [0.29, 0.717) is 0 Å². The van der Waals surface area contributed by atoms with Crippen molar-refractivity contribution in [3.8, 4) is 0 Å². The van der Waals surface area contributed by atoms with Crippen LogP contribution < -0.4 is 5.32 Å². The average Bonchev–Trinajstić information content (AvgIpc) is 2.45. The Hall–Kier alpha value is -2.50. The highest BCUT2D eigenvalue weighted by atomic mass is 16.6. The third-order valence-electron chi connectivity index (χ3n) is 2.09. The molecule has 6 nitrogen and oxygen atoms in total. The molecule has 1 aromatic rings. The van der Waals surface area contributed by atoms with E-state index in [0.717, 1.165) is 11.8 Å². The van der Waals surface area contributed by atoms with Gasteiger partial charge in [0.2, 0.25) is 0 Å². The van der Waals surface area contributed by atoms with Gasteiger partial charge >= 0.3 is 12.1 Å². The molecule has 1 amide bonds. The molecule has 0 saturated carbocycles. The lowest BCUT2D eigenvalue weighted by Crippen LogP contribution is -2.28. The summed E-state index contributed by atoms with van der Waals surface area (Å²) in [5, 5.41) is 2.24. The zero-order chi connectivity index (χ0) is 14.1. The molecule has 0 heterocycles. The van der Waals surface area contributed by atoms with E-state index in [2.05, 4.69) is 14.8 Å². The summed E-state index contributed by atoms with van der Waals surface area (Å²) in [5.41, 5.74) is 0.705. The van der Waals surface area contributed by atoms with E-state index in [1.54, 1.807) is 0 Å². The fourth-order valence-electron chi connectivity index (χ4n) is 1.23. The van der Waals surface area contributed by atoms with E-state index in [9.17, 15) is 9.59 Å². The van der Waals surface area contributed by atoms with Crippen molar-refractivity contribution in [1.29, 1.82) is 0 Å². The summed E-state index contributed by atoms with van der Waals surface area (Å²) in [6, 6.07) is 9.17. The third kappa shape index (κ3) is 5.12. The van der Waals surface area contributed by atoms with Crippen molar-refractivity contribution < 1.29 is 23.8 Å². The van der Waals surface area contributed by atoms with Gasteiger partial charge in [-0.15, -0.1) is 0 Å². The van der Waals surface area contributed by atoms with Crippen LogP contribution in [0.15, 0.2) is 42.3 Å². The quantitative estimate of drug-likeness (QED) is 0.497. The zero-order valence-corrected chi connectivity index (χ0v) is 10.7. The maximum atomic E-state index is 11.5. The van der Waals surface area contributed by atoms with Crippen molar-refractivity contribution in [2.45, 2.75) is 6.61 Å². The normalized spacial score (nSPS) is 10.5. The van der Waals surface area contributed by atoms with Crippen LogP contribution in [0.1, 0.15) is 5.56 Å². The molecule has 0 spiro atoms. The maximum Gasteiger partial charge on any atom is 0.412 e. The fourth-order valence-corrected chi connectivity index (χ4v) is 1.23. The molecular formula is C13H15NO5. The number of methoxy groups -OCH3 is 2. The number of hydrogen-bond donors (Lipinski definition) is 1. The van der Waals surface area contributed by atoms with Crippen molar-refractivity contribution >= 4 is 12.1 Å². The summed E-state index contributed by atoms with van der Waals surface area (Å²) < 4.78 is 14.1. The van der Waals surface area contributed by atoms with Gasteiger partial charge in [0.15, 0.2) is 5.70 Å². The van der Waals surface area contributed by atoms with Crippen LogP contribution >= 0.6 is 0 Å². The minimum atomic E-state index is -0.766. The van der Waals surface area contributed by atoms with E-state index >= 15 is 0 Å². The minimum Gasteiger partial charge on any atom is -0.502 e. The Kier molecular flexibility index (Phi) is 5.94. The SMILES string of the molecule is COC=C(NC(=O)OCc1ccccc1)C(=O)OC. The molecule has 1 N–H and O–H groups in total. The van der Waals surface area contributed by atoms with E-state index < -0.39 is 12.1 Å². The first-order valence-electron chi connectivity index (χ1n) is 5.46. The lowest BCUT2D eigenvalue weighted by atomic mass is 10.2. The van der Waals surface area contributed by atoms with Crippen LogP contribution in [0.2, 0.25) is 0 Å². The number of amides is 1. The zero-order valence-electron chi connectivity index (χ0n) is 10.7. The van der Waals surface area contributed by atoms with Crippen LogP contribution in [0.25, 0.3) is 0 Å². The predicted molar refractivity (Wildman–Crippen MR) is 66.9 cm³/mol. The van der Waals surface area contributed by atoms with Gasteiger partial charge in [-0.05, 0) is 5.56 Å².